The van der Waals surface area contributed by atoms with E-state index in [4.69, 9.17) is 0 Å². The summed E-state index contributed by atoms with van der Waals surface area (Å²) in [6.45, 7) is 2.34. The third-order valence-corrected chi connectivity index (χ3v) is 6.00. The Kier molecular flexibility index (Phi) is 6.08. The second-order valence-corrected chi connectivity index (χ2v) is 7.85. The van der Waals surface area contributed by atoms with Gasteiger partial charge in [0.1, 0.15) is 5.54 Å². The third-order valence-electron chi connectivity index (χ3n) is 5.07. The highest BCUT2D eigenvalue weighted by molar-refractivity contribution is 7.10. The van der Waals surface area contributed by atoms with Crippen molar-refractivity contribution >= 4 is 17.2 Å². The molecule has 0 saturated heterocycles. The minimum atomic E-state index is -0.667. The zero-order valence-electron chi connectivity index (χ0n) is 15.1. The largest absolute Gasteiger partial charge is 0.337 e. The van der Waals surface area contributed by atoms with Gasteiger partial charge in [0.05, 0.1) is 18.7 Å². The van der Waals surface area contributed by atoms with Gasteiger partial charge in [0.25, 0.3) is 0 Å². The summed E-state index contributed by atoms with van der Waals surface area (Å²) in [4.78, 5) is 13.6. The monoisotopic (exact) mass is 367 g/mol. The summed E-state index contributed by atoms with van der Waals surface area (Å²) in [5, 5.41) is 17.8. The molecule has 1 heterocycles. The molecule has 2 aromatic rings. The molecule has 5 heteroatoms. The van der Waals surface area contributed by atoms with E-state index in [1.54, 1.807) is 11.3 Å². The number of thiophene rings is 1. The number of carbonyl (C=O) groups excluding carboxylic acids is 1. The maximum absolute atomic E-state index is 12.4. The molecule has 4 nitrogen and oxygen atoms in total. The Hall–Kier alpha value is -2.16. The Morgan fingerprint density at radius 3 is 2.58 bits per heavy atom. The summed E-state index contributed by atoms with van der Waals surface area (Å²) < 4.78 is 0. The molecule has 0 radical (unpaired) electrons. The van der Waals surface area contributed by atoms with Crippen LogP contribution in [-0.2, 0) is 11.2 Å². The fourth-order valence-electron chi connectivity index (χ4n) is 3.53. The topological polar surface area (TPSA) is 64.9 Å². The predicted octanol–water partition coefficient (Wildman–Crippen LogP) is 3.94. The zero-order chi connectivity index (χ0) is 18.4. The van der Waals surface area contributed by atoms with Gasteiger partial charge >= 0.3 is 0 Å². The summed E-state index contributed by atoms with van der Waals surface area (Å²) in [6.07, 6.45) is 4.52. The summed E-state index contributed by atoms with van der Waals surface area (Å²) >= 11 is 1.68. The van der Waals surface area contributed by atoms with Gasteiger partial charge < -0.3 is 5.32 Å². The molecule has 136 valence electrons. The van der Waals surface area contributed by atoms with Crippen molar-refractivity contribution in [1.29, 1.82) is 5.26 Å². The molecule has 0 spiro atoms. The van der Waals surface area contributed by atoms with Crippen LogP contribution in [0.1, 0.15) is 54.7 Å². The zero-order valence-corrected chi connectivity index (χ0v) is 15.9. The first kappa shape index (κ1) is 18.6. The van der Waals surface area contributed by atoms with Gasteiger partial charge in [0, 0.05) is 4.88 Å². The summed E-state index contributed by atoms with van der Waals surface area (Å²) in [7, 11) is 0. The first-order chi connectivity index (χ1) is 12.7. The lowest BCUT2D eigenvalue weighted by Gasteiger charge is -2.23. The molecule has 1 aromatic carbocycles. The minimum Gasteiger partial charge on any atom is -0.337 e. The minimum absolute atomic E-state index is 0.0201. The highest BCUT2D eigenvalue weighted by Gasteiger charge is 2.35. The van der Waals surface area contributed by atoms with Crippen molar-refractivity contribution < 1.29 is 4.79 Å². The number of benzene rings is 1. The first-order valence-corrected chi connectivity index (χ1v) is 10.1. The van der Waals surface area contributed by atoms with Gasteiger partial charge in [-0.2, -0.15) is 5.26 Å². The van der Waals surface area contributed by atoms with Gasteiger partial charge in [-0.1, -0.05) is 37.3 Å². The molecule has 1 aliphatic rings. The average Bonchev–Trinajstić information content (AvgIpc) is 3.35. The SMILES string of the molecule is CCc1ccc([C@@H](NCC(=O)NC2(C#N)CCCC2)c2cccs2)cc1. The normalized spacial score (nSPS) is 16.8. The lowest BCUT2D eigenvalue weighted by Crippen LogP contribution is -2.48. The first-order valence-electron chi connectivity index (χ1n) is 9.24. The number of hydrogen-bond donors (Lipinski definition) is 2. The van der Waals surface area contributed by atoms with Crippen molar-refractivity contribution in [3.8, 4) is 6.07 Å². The van der Waals surface area contributed by atoms with Crippen LogP contribution in [-0.4, -0.2) is 18.0 Å². The maximum Gasteiger partial charge on any atom is 0.235 e. The lowest BCUT2D eigenvalue weighted by atomic mass is 10.00. The number of hydrogen-bond acceptors (Lipinski definition) is 4. The van der Waals surface area contributed by atoms with Crippen LogP contribution < -0.4 is 10.6 Å². The smallest absolute Gasteiger partial charge is 0.235 e. The van der Waals surface area contributed by atoms with Crippen LogP contribution in [0.3, 0.4) is 0 Å². The Morgan fingerprint density at radius 1 is 1.27 bits per heavy atom. The van der Waals surface area contributed by atoms with E-state index in [-0.39, 0.29) is 18.5 Å². The molecular weight excluding hydrogens is 342 g/mol. The van der Waals surface area contributed by atoms with E-state index in [1.807, 2.05) is 11.4 Å². The van der Waals surface area contributed by atoms with Crippen molar-refractivity contribution in [3.05, 3.63) is 57.8 Å². The standard InChI is InChI=1S/C21H25N3OS/c1-2-16-7-9-17(10-8-16)20(18-6-5-13-26-18)23-14-19(25)24-21(15-22)11-3-4-12-21/h5-10,13,20,23H,2-4,11-12,14H2,1H3,(H,24,25)/t20-/m1/s1. The number of rotatable bonds is 7. The molecular formula is C21H25N3OS. The summed E-state index contributed by atoms with van der Waals surface area (Å²) in [5.41, 5.74) is 1.78. The Morgan fingerprint density at radius 2 is 2.00 bits per heavy atom. The van der Waals surface area contributed by atoms with Crippen molar-refractivity contribution in [1.82, 2.24) is 10.6 Å². The molecule has 2 N–H and O–H groups in total. The van der Waals surface area contributed by atoms with Gasteiger partial charge in [0.15, 0.2) is 0 Å². The van der Waals surface area contributed by atoms with E-state index in [0.717, 1.165) is 37.7 Å². The second kappa shape index (κ2) is 8.48. The van der Waals surface area contributed by atoms with Crippen LogP contribution in [0.2, 0.25) is 0 Å². The third kappa shape index (κ3) is 4.32. The summed E-state index contributed by atoms with van der Waals surface area (Å²) in [5.74, 6) is -0.111. The number of amides is 1. The molecule has 1 atom stereocenters. The van der Waals surface area contributed by atoms with Gasteiger partial charge in [-0.3, -0.25) is 10.1 Å². The van der Waals surface area contributed by atoms with Crippen LogP contribution in [0, 0.1) is 11.3 Å². The van der Waals surface area contributed by atoms with Crippen molar-refractivity contribution in [2.45, 2.75) is 50.6 Å². The molecule has 1 saturated carbocycles. The van der Waals surface area contributed by atoms with Crippen LogP contribution in [0.4, 0.5) is 0 Å². The number of aryl methyl sites for hydroxylation is 1. The quantitative estimate of drug-likeness (QED) is 0.779. The van der Waals surface area contributed by atoms with E-state index < -0.39 is 5.54 Å². The number of nitriles is 1. The molecule has 0 bridgehead atoms. The number of nitrogens with zero attached hydrogens (tertiary/aromatic N) is 1. The van der Waals surface area contributed by atoms with E-state index in [2.05, 4.69) is 54.0 Å². The molecule has 0 unspecified atom stereocenters. The maximum atomic E-state index is 12.4. The van der Waals surface area contributed by atoms with Crippen LogP contribution in [0.25, 0.3) is 0 Å². The van der Waals surface area contributed by atoms with Crippen LogP contribution in [0.5, 0.6) is 0 Å². The molecule has 1 aliphatic carbocycles. The highest BCUT2D eigenvalue weighted by atomic mass is 32.1. The Labute approximate surface area is 159 Å². The number of nitrogens with one attached hydrogen (secondary N) is 2. The van der Waals surface area contributed by atoms with E-state index in [9.17, 15) is 10.1 Å². The fraction of sp³-hybridized carbons (Fsp3) is 0.429. The van der Waals surface area contributed by atoms with E-state index in [1.165, 1.54) is 10.4 Å². The number of carbonyl (C=O) groups is 1. The van der Waals surface area contributed by atoms with E-state index >= 15 is 0 Å². The average molecular weight is 368 g/mol. The van der Waals surface area contributed by atoms with Crippen LogP contribution in [0.15, 0.2) is 41.8 Å². The molecule has 1 fully saturated rings. The molecule has 0 aliphatic heterocycles. The Balaban J connectivity index is 1.68. The highest BCUT2D eigenvalue weighted by Crippen LogP contribution is 2.29. The van der Waals surface area contributed by atoms with Crippen LogP contribution >= 0.6 is 11.3 Å². The van der Waals surface area contributed by atoms with Crippen molar-refractivity contribution in [2.24, 2.45) is 0 Å². The van der Waals surface area contributed by atoms with Gasteiger partial charge in [-0.25, -0.2) is 0 Å². The molecule has 1 amide bonds. The molecule has 3 rings (SSSR count). The van der Waals surface area contributed by atoms with Crippen molar-refractivity contribution in [3.63, 3.8) is 0 Å². The van der Waals surface area contributed by atoms with Gasteiger partial charge in [0.2, 0.25) is 5.91 Å². The molecule has 26 heavy (non-hydrogen) atoms. The predicted molar refractivity (Wildman–Crippen MR) is 105 cm³/mol. The van der Waals surface area contributed by atoms with Gasteiger partial charge in [-0.15, -0.1) is 11.3 Å². The fourth-order valence-corrected chi connectivity index (χ4v) is 4.36. The van der Waals surface area contributed by atoms with Gasteiger partial charge in [-0.05, 0) is 54.7 Å². The Bertz CT molecular complexity index is 756. The lowest BCUT2D eigenvalue weighted by molar-refractivity contribution is -0.121. The molecule has 1 aromatic heterocycles. The summed E-state index contributed by atoms with van der Waals surface area (Å²) in [6, 6.07) is 14.9. The van der Waals surface area contributed by atoms with E-state index in [0.29, 0.717) is 0 Å². The second-order valence-electron chi connectivity index (χ2n) is 6.87. The van der Waals surface area contributed by atoms with Crippen molar-refractivity contribution in [2.75, 3.05) is 6.54 Å².